The minimum atomic E-state index is -0.166. The smallest absolute Gasteiger partial charge is 0.310 e. The molecule has 0 radical (unpaired) electrons. The van der Waals surface area contributed by atoms with E-state index >= 15 is 0 Å². The first kappa shape index (κ1) is 15.5. The van der Waals surface area contributed by atoms with Crippen LogP contribution in [-0.4, -0.2) is 12.6 Å². The van der Waals surface area contributed by atoms with Gasteiger partial charge < -0.3 is 10.5 Å². The Bertz CT molecular complexity index is 390. The minimum absolute atomic E-state index is 0.166. The van der Waals surface area contributed by atoms with Gasteiger partial charge in [-0.15, -0.1) is 0 Å². The van der Waals surface area contributed by atoms with Crippen molar-refractivity contribution in [2.24, 2.45) is 5.92 Å². The van der Waals surface area contributed by atoms with E-state index in [1.165, 1.54) is 12.8 Å². The van der Waals surface area contributed by atoms with Gasteiger partial charge in [-0.05, 0) is 30.0 Å². The number of esters is 1. The van der Waals surface area contributed by atoms with E-state index < -0.39 is 0 Å². The Labute approximate surface area is 116 Å². The number of hydrogen-bond donors (Lipinski definition) is 1. The zero-order valence-corrected chi connectivity index (χ0v) is 12.0. The highest BCUT2D eigenvalue weighted by Crippen LogP contribution is 2.14. The van der Waals surface area contributed by atoms with Gasteiger partial charge in [0.2, 0.25) is 0 Å². The van der Waals surface area contributed by atoms with Crippen LogP contribution in [0, 0.1) is 5.92 Å². The van der Waals surface area contributed by atoms with Crippen molar-refractivity contribution in [3.63, 3.8) is 0 Å². The maximum atomic E-state index is 11.8. The summed E-state index contributed by atoms with van der Waals surface area (Å²) in [6.45, 7) is 4.86. The first-order chi connectivity index (χ1) is 9.15. The van der Waals surface area contributed by atoms with E-state index in [2.05, 4.69) is 13.8 Å². The zero-order valence-electron chi connectivity index (χ0n) is 12.0. The number of benzene rings is 1. The van der Waals surface area contributed by atoms with Crippen LogP contribution in [0.4, 0.5) is 5.69 Å². The molecule has 0 aliphatic carbocycles. The van der Waals surface area contributed by atoms with Crippen molar-refractivity contribution in [2.75, 3.05) is 12.3 Å². The second kappa shape index (κ2) is 8.57. The van der Waals surface area contributed by atoms with Crippen molar-refractivity contribution in [3.05, 3.63) is 29.8 Å². The van der Waals surface area contributed by atoms with E-state index in [0.717, 1.165) is 18.4 Å². The largest absolute Gasteiger partial charge is 0.465 e. The minimum Gasteiger partial charge on any atom is -0.465 e. The predicted octanol–water partition coefficient (Wildman–Crippen LogP) is 3.57. The van der Waals surface area contributed by atoms with Crippen LogP contribution in [0.5, 0.6) is 0 Å². The second-order valence-corrected chi connectivity index (χ2v) is 5.02. The molecule has 3 nitrogen and oxygen atoms in total. The Hall–Kier alpha value is -1.51. The van der Waals surface area contributed by atoms with Crippen LogP contribution in [0.1, 0.15) is 45.1 Å². The predicted molar refractivity (Wildman–Crippen MR) is 78.8 cm³/mol. The average Bonchev–Trinajstić information content (AvgIpc) is 2.39. The molecule has 1 unspecified atom stereocenters. The Morgan fingerprint density at radius 1 is 1.37 bits per heavy atom. The molecule has 0 bridgehead atoms. The number of anilines is 1. The van der Waals surface area contributed by atoms with Crippen LogP contribution >= 0.6 is 0 Å². The SMILES string of the molecule is CCCCC(CC)COC(=O)Cc1cccc(N)c1. The number of rotatable bonds is 8. The molecule has 1 rings (SSSR count). The van der Waals surface area contributed by atoms with Gasteiger partial charge in [0.05, 0.1) is 13.0 Å². The van der Waals surface area contributed by atoms with Crippen LogP contribution in [0.25, 0.3) is 0 Å². The molecule has 0 aromatic heterocycles. The number of unbranched alkanes of at least 4 members (excludes halogenated alkanes) is 1. The van der Waals surface area contributed by atoms with Gasteiger partial charge in [0.15, 0.2) is 0 Å². The van der Waals surface area contributed by atoms with Crippen molar-refractivity contribution in [2.45, 2.75) is 46.0 Å². The molecule has 0 saturated heterocycles. The summed E-state index contributed by atoms with van der Waals surface area (Å²) in [5.41, 5.74) is 7.27. The van der Waals surface area contributed by atoms with Crippen LogP contribution < -0.4 is 5.73 Å². The van der Waals surface area contributed by atoms with Gasteiger partial charge in [-0.2, -0.15) is 0 Å². The van der Waals surface area contributed by atoms with Gasteiger partial charge in [-0.3, -0.25) is 4.79 Å². The average molecular weight is 263 g/mol. The van der Waals surface area contributed by atoms with E-state index in [1.807, 2.05) is 24.3 Å². The molecule has 0 amide bonds. The number of carbonyl (C=O) groups excluding carboxylic acids is 1. The van der Waals surface area contributed by atoms with Gasteiger partial charge in [-0.25, -0.2) is 0 Å². The summed E-state index contributed by atoms with van der Waals surface area (Å²) >= 11 is 0. The topological polar surface area (TPSA) is 52.3 Å². The number of hydrogen-bond acceptors (Lipinski definition) is 3. The number of nitrogens with two attached hydrogens (primary N) is 1. The van der Waals surface area contributed by atoms with Gasteiger partial charge in [0.1, 0.15) is 0 Å². The summed E-state index contributed by atoms with van der Waals surface area (Å²) in [6.07, 6.45) is 4.89. The Morgan fingerprint density at radius 2 is 2.16 bits per heavy atom. The maximum absolute atomic E-state index is 11.8. The molecule has 3 heteroatoms. The lowest BCUT2D eigenvalue weighted by Gasteiger charge is -2.14. The molecule has 0 aliphatic heterocycles. The lowest BCUT2D eigenvalue weighted by atomic mass is 10.0. The Morgan fingerprint density at radius 3 is 2.79 bits per heavy atom. The highest BCUT2D eigenvalue weighted by atomic mass is 16.5. The fourth-order valence-corrected chi connectivity index (χ4v) is 2.03. The van der Waals surface area contributed by atoms with Crippen LogP contribution in [0.2, 0.25) is 0 Å². The summed E-state index contributed by atoms with van der Waals surface area (Å²) in [7, 11) is 0. The molecule has 2 N–H and O–H groups in total. The summed E-state index contributed by atoms with van der Waals surface area (Å²) in [5.74, 6) is 0.324. The zero-order chi connectivity index (χ0) is 14.1. The lowest BCUT2D eigenvalue weighted by Crippen LogP contribution is -2.15. The molecule has 0 heterocycles. The molecule has 0 spiro atoms. The van der Waals surface area contributed by atoms with E-state index in [1.54, 1.807) is 0 Å². The summed E-state index contributed by atoms with van der Waals surface area (Å²) in [6, 6.07) is 7.38. The third-order valence-corrected chi connectivity index (χ3v) is 3.32. The molecule has 19 heavy (non-hydrogen) atoms. The van der Waals surface area contributed by atoms with Gasteiger partial charge in [-0.1, -0.05) is 45.2 Å². The van der Waals surface area contributed by atoms with Crippen molar-refractivity contribution in [1.82, 2.24) is 0 Å². The van der Waals surface area contributed by atoms with Gasteiger partial charge in [0.25, 0.3) is 0 Å². The van der Waals surface area contributed by atoms with Crippen molar-refractivity contribution < 1.29 is 9.53 Å². The van der Waals surface area contributed by atoms with Crippen LogP contribution in [0.15, 0.2) is 24.3 Å². The molecule has 106 valence electrons. The normalized spacial score (nSPS) is 12.1. The maximum Gasteiger partial charge on any atom is 0.310 e. The third kappa shape index (κ3) is 6.27. The molecule has 1 aromatic carbocycles. The molecule has 0 aliphatic rings. The quantitative estimate of drug-likeness (QED) is 0.576. The molecule has 1 atom stereocenters. The molecule has 0 saturated carbocycles. The summed E-state index contributed by atoms with van der Waals surface area (Å²) in [5, 5.41) is 0. The van der Waals surface area contributed by atoms with E-state index in [9.17, 15) is 4.79 Å². The van der Waals surface area contributed by atoms with Crippen molar-refractivity contribution in [3.8, 4) is 0 Å². The molecular weight excluding hydrogens is 238 g/mol. The molecular formula is C16H25NO2. The molecule has 0 fully saturated rings. The first-order valence-electron chi connectivity index (χ1n) is 7.15. The fraction of sp³-hybridized carbons (Fsp3) is 0.562. The highest BCUT2D eigenvalue weighted by Gasteiger charge is 2.10. The van der Waals surface area contributed by atoms with Gasteiger partial charge in [0, 0.05) is 5.69 Å². The Balaban J connectivity index is 2.34. The fourth-order valence-electron chi connectivity index (χ4n) is 2.03. The van der Waals surface area contributed by atoms with Crippen LogP contribution in [0.3, 0.4) is 0 Å². The van der Waals surface area contributed by atoms with E-state index in [-0.39, 0.29) is 5.97 Å². The number of carbonyl (C=O) groups is 1. The first-order valence-corrected chi connectivity index (χ1v) is 7.15. The van der Waals surface area contributed by atoms with Crippen molar-refractivity contribution in [1.29, 1.82) is 0 Å². The van der Waals surface area contributed by atoms with Gasteiger partial charge >= 0.3 is 5.97 Å². The second-order valence-electron chi connectivity index (χ2n) is 5.02. The van der Waals surface area contributed by atoms with Crippen molar-refractivity contribution >= 4 is 11.7 Å². The van der Waals surface area contributed by atoms with E-state index in [4.69, 9.17) is 10.5 Å². The highest BCUT2D eigenvalue weighted by molar-refractivity contribution is 5.73. The third-order valence-electron chi connectivity index (χ3n) is 3.32. The Kier molecular flexibility index (Phi) is 7.01. The number of nitrogen functional groups attached to an aromatic ring is 1. The monoisotopic (exact) mass is 263 g/mol. The van der Waals surface area contributed by atoms with Crippen LogP contribution in [-0.2, 0) is 16.0 Å². The lowest BCUT2D eigenvalue weighted by molar-refractivity contribution is -0.144. The summed E-state index contributed by atoms with van der Waals surface area (Å²) < 4.78 is 5.36. The standard InChI is InChI=1S/C16H25NO2/c1-3-5-7-13(4-2)12-19-16(18)11-14-8-6-9-15(17)10-14/h6,8-10,13H,3-5,7,11-12,17H2,1-2H3. The summed E-state index contributed by atoms with van der Waals surface area (Å²) in [4.78, 5) is 11.8. The number of ether oxygens (including phenoxy) is 1. The molecule has 1 aromatic rings. The van der Waals surface area contributed by atoms with E-state index in [0.29, 0.717) is 24.6 Å².